The standard InChI is InChI=1S/C21H22F2N2O3S2/c22-18-6-4-16(13-19(18)23)29-14-21(26)25-11-8-15-12-17(5-7-20(15)25)30(27,28)24-9-2-1-3-10-24/h4-7,12-13H,1-3,8-11,14H2. The van der Waals surface area contributed by atoms with Gasteiger partial charge in [-0.15, -0.1) is 11.8 Å². The van der Waals surface area contributed by atoms with Crippen molar-refractivity contribution in [2.45, 2.75) is 35.5 Å². The average Bonchev–Trinajstić information content (AvgIpc) is 3.18. The van der Waals surface area contributed by atoms with Crippen LogP contribution < -0.4 is 4.90 Å². The Balaban J connectivity index is 1.46. The number of anilines is 1. The van der Waals surface area contributed by atoms with Gasteiger partial charge in [-0.3, -0.25) is 4.79 Å². The lowest BCUT2D eigenvalue weighted by atomic mass is 10.2. The van der Waals surface area contributed by atoms with E-state index in [9.17, 15) is 22.0 Å². The molecule has 2 aromatic rings. The van der Waals surface area contributed by atoms with Gasteiger partial charge in [-0.2, -0.15) is 4.31 Å². The number of rotatable bonds is 5. The first-order chi connectivity index (χ1) is 14.4. The number of halogens is 2. The predicted molar refractivity (Wildman–Crippen MR) is 112 cm³/mol. The first-order valence-corrected chi connectivity index (χ1v) is 12.3. The third-order valence-corrected chi connectivity index (χ3v) is 8.33. The van der Waals surface area contributed by atoms with E-state index in [0.717, 1.165) is 48.7 Å². The molecular formula is C21H22F2N2O3S2. The molecule has 2 aliphatic rings. The molecule has 4 rings (SSSR count). The Kier molecular flexibility index (Phi) is 6.13. The van der Waals surface area contributed by atoms with Gasteiger partial charge in [-0.05, 0) is 61.2 Å². The molecule has 160 valence electrons. The molecule has 0 radical (unpaired) electrons. The maximum Gasteiger partial charge on any atom is 0.243 e. The number of nitrogens with zero attached hydrogens (tertiary/aromatic N) is 2. The van der Waals surface area contributed by atoms with Gasteiger partial charge in [0.15, 0.2) is 11.6 Å². The largest absolute Gasteiger partial charge is 0.311 e. The number of thioether (sulfide) groups is 1. The van der Waals surface area contributed by atoms with Crippen molar-refractivity contribution >= 4 is 33.4 Å². The zero-order valence-corrected chi connectivity index (χ0v) is 17.9. The Morgan fingerprint density at radius 3 is 2.47 bits per heavy atom. The van der Waals surface area contributed by atoms with Gasteiger partial charge in [0.05, 0.1) is 10.6 Å². The number of fused-ring (bicyclic) bond motifs is 1. The Hall–Kier alpha value is -1.97. The summed E-state index contributed by atoms with van der Waals surface area (Å²) in [4.78, 5) is 15.0. The summed E-state index contributed by atoms with van der Waals surface area (Å²) < 4.78 is 53.7. The SMILES string of the molecule is O=C(CSc1ccc(F)c(F)c1)N1CCc2cc(S(=O)(=O)N3CCCCC3)ccc21. The molecule has 0 aliphatic carbocycles. The summed E-state index contributed by atoms with van der Waals surface area (Å²) in [6.07, 6.45) is 3.39. The molecule has 2 heterocycles. The molecular weight excluding hydrogens is 430 g/mol. The number of amides is 1. The third-order valence-electron chi connectivity index (χ3n) is 5.45. The van der Waals surface area contributed by atoms with Crippen LogP contribution in [0.4, 0.5) is 14.5 Å². The summed E-state index contributed by atoms with van der Waals surface area (Å²) in [7, 11) is -3.52. The normalized spacial score (nSPS) is 17.2. The highest BCUT2D eigenvalue weighted by molar-refractivity contribution is 8.00. The van der Waals surface area contributed by atoms with E-state index in [0.29, 0.717) is 36.6 Å². The van der Waals surface area contributed by atoms with Crippen LogP contribution >= 0.6 is 11.8 Å². The fourth-order valence-corrected chi connectivity index (χ4v) is 6.21. The molecule has 0 bridgehead atoms. The second-order valence-corrected chi connectivity index (χ2v) is 10.4. The maximum atomic E-state index is 13.3. The minimum atomic E-state index is -3.52. The zero-order valence-electron chi connectivity index (χ0n) is 16.3. The fraction of sp³-hybridized carbons (Fsp3) is 0.381. The van der Waals surface area contributed by atoms with Crippen LogP contribution in [0.5, 0.6) is 0 Å². The summed E-state index contributed by atoms with van der Waals surface area (Å²) >= 11 is 1.14. The van der Waals surface area contributed by atoms with Gasteiger partial charge in [0.1, 0.15) is 0 Å². The van der Waals surface area contributed by atoms with E-state index < -0.39 is 21.7 Å². The van der Waals surface area contributed by atoms with Crippen molar-refractivity contribution in [3.8, 4) is 0 Å². The van der Waals surface area contributed by atoms with Gasteiger partial charge in [0.2, 0.25) is 15.9 Å². The summed E-state index contributed by atoms with van der Waals surface area (Å²) in [6, 6.07) is 8.48. The third kappa shape index (κ3) is 4.24. The molecule has 1 saturated heterocycles. The monoisotopic (exact) mass is 452 g/mol. The van der Waals surface area contributed by atoms with Gasteiger partial charge in [-0.1, -0.05) is 6.42 Å². The summed E-state index contributed by atoms with van der Waals surface area (Å²) in [5.74, 6) is -1.94. The van der Waals surface area contributed by atoms with E-state index in [1.54, 1.807) is 23.1 Å². The molecule has 9 heteroatoms. The van der Waals surface area contributed by atoms with Crippen LogP contribution in [0.15, 0.2) is 46.2 Å². The lowest BCUT2D eigenvalue weighted by Crippen LogP contribution is -2.35. The van der Waals surface area contributed by atoms with Gasteiger partial charge >= 0.3 is 0 Å². The van der Waals surface area contributed by atoms with Gasteiger partial charge in [0, 0.05) is 30.2 Å². The smallest absolute Gasteiger partial charge is 0.243 e. The van der Waals surface area contributed by atoms with Crippen molar-refractivity contribution < 1.29 is 22.0 Å². The molecule has 0 atom stereocenters. The van der Waals surface area contributed by atoms with Crippen molar-refractivity contribution in [1.29, 1.82) is 0 Å². The van der Waals surface area contributed by atoms with E-state index in [1.165, 1.54) is 10.4 Å². The number of carbonyl (C=O) groups is 1. The van der Waals surface area contributed by atoms with Gasteiger partial charge in [0.25, 0.3) is 0 Å². The van der Waals surface area contributed by atoms with Crippen LogP contribution in [0.2, 0.25) is 0 Å². The molecule has 1 amide bonds. The topological polar surface area (TPSA) is 57.7 Å². The van der Waals surface area contributed by atoms with Crippen molar-refractivity contribution in [1.82, 2.24) is 4.31 Å². The highest BCUT2D eigenvalue weighted by Crippen LogP contribution is 2.32. The number of hydrogen-bond acceptors (Lipinski definition) is 4. The molecule has 30 heavy (non-hydrogen) atoms. The number of benzene rings is 2. The predicted octanol–water partition coefficient (Wildman–Crippen LogP) is 3.82. The molecule has 0 unspecified atom stereocenters. The second kappa shape index (κ2) is 8.64. The van der Waals surface area contributed by atoms with Crippen LogP contribution in [0.3, 0.4) is 0 Å². The minimum Gasteiger partial charge on any atom is -0.311 e. The van der Waals surface area contributed by atoms with Crippen LogP contribution in [0.1, 0.15) is 24.8 Å². The molecule has 0 spiro atoms. The fourth-order valence-electron chi connectivity index (χ4n) is 3.84. The van der Waals surface area contributed by atoms with Crippen LogP contribution in [-0.2, 0) is 21.2 Å². The number of sulfonamides is 1. The van der Waals surface area contributed by atoms with Crippen molar-refractivity contribution in [2.24, 2.45) is 0 Å². The van der Waals surface area contributed by atoms with Crippen molar-refractivity contribution in [2.75, 3.05) is 30.3 Å². The Labute approximate surface area is 179 Å². The van der Waals surface area contributed by atoms with Crippen molar-refractivity contribution in [3.05, 3.63) is 53.6 Å². The van der Waals surface area contributed by atoms with Gasteiger partial charge < -0.3 is 4.90 Å². The van der Waals surface area contributed by atoms with E-state index in [2.05, 4.69) is 0 Å². The number of piperidine rings is 1. The molecule has 0 aromatic heterocycles. The Morgan fingerprint density at radius 2 is 1.73 bits per heavy atom. The minimum absolute atomic E-state index is 0.0817. The van der Waals surface area contributed by atoms with E-state index in [4.69, 9.17) is 0 Å². The van der Waals surface area contributed by atoms with E-state index >= 15 is 0 Å². The maximum absolute atomic E-state index is 13.3. The lowest BCUT2D eigenvalue weighted by Gasteiger charge is -2.26. The second-order valence-electron chi connectivity index (χ2n) is 7.42. The molecule has 0 saturated carbocycles. The summed E-state index contributed by atoms with van der Waals surface area (Å²) in [5.41, 5.74) is 1.54. The van der Waals surface area contributed by atoms with Crippen LogP contribution in [-0.4, -0.2) is 44.0 Å². The summed E-state index contributed by atoms with van der Waals surface area (Å²) in [6.45, 7) is 1.57. The molecule has 2 aliphatic heterocycles. The first-order valence-electron chi connectivity index (χ1n) is 9.87. The molecule has 1 fully saturated rings. The highest BCUT2D eigenvalue weighted by Gasteiger charge is 2.30. The van der Waals surface area contributed by atoms with E-state index in [-0.39, 0.29) is 16.6 Å². The van der Waals surface area contributed by atoms with Gasteiger partial charge in [-0.25, -0.2) is 17.2 Å². The van der Waals surface area contributed by atoms with Crippen LogP contribution in [0.25, 0.3) is 0 Å². The Bertz CT molecular complexity index is 1070. The number of carbonyl (C=O) groups excluding carboxylic acids is 1. The molecule has 0 N–H and O–H groups in total. The first kappa shape index (κ1) is 21.3. The molecule has 5 nitrogen and oxygen atoms in total. The highest BCUT2D eigenvalue weighted by atomic mass is 32.2. The van der Waals surface area contributed by atoms with E-state index in [1.807, 2.05) is 0 Å². The summed E-state index contributed by atoms with van der Waals surface area (Å²) in [5, 5.41) is 0. The number of hydrogen-bond donors (Lipinski definition) is 0. The Morgan fingerprint density at radius 1 is 0.967 bits per heavy atom. The zero-order chi connectivity index (χ0) is 21.3. The van der Waals surface area contributed by atoms with Crippen molar-refractivity contribution in [3.63, 3.8) is 0 Å². The average molecular weight is 453 g/mol. The molecule has 2 aromatic carbocycles. The lowest BCUT2D eigenvalue weighted by molar-refractivity contribution is -0.116. The van der Waals surface area contributed by atoms with Crippen LogP contribution in [0, 0.1) is 11.6 Å². The quantitative estimate of drug-likeness (QED) is 0.648.